The summed E-state index contributed by atoms with van der Waals surface area (Å²) in [5.41, 5.74) is 3.05. The molecular weight excluding hydrogens is 280 g/mol. The van der Waals surface area contributed by atoms with Crippen LogP contribution in [0.15, 0.2) is 24.3 Å². The molecule has 0 aliphatic carbocycles. The van der Waals surface area contributed by atoms with E-state index < -0.39 is 0 Å². The number of nitrogens with zero attached hydrogens (tertiary/aromatic N) is 2. The Morgan fingerprint density at radius 3 is 2.82 bits per heavy atom. The number of aromatic nitrogens is 1. The van der Waals surface area contributed by atoms with Crippen LogP contribution in [-0.4, -0.2) is 42.8 Å². The van der Waals surface area contributed by atoms with Gasteiger partial charge in [0, 0.05) is 36.2 Å². The van der Waals surface area contributed by atoms with Crippen LogP contribution >= 0.6 is 0 Å². The molecule has 0 fully saturated rings. The number of carbonyl (C=O) groups is 1. The van der Waals surface area contributed by atoms with Gasteiger partial charge in [-0.2, -0.15) is 0 Å². The highest BCUT2D eigenvalue weighted by atomic mass is 16.6. The number of hydrogen-bond acceptors (Lipinski definition) is 4. The van der Waals surface area contributed by atoms with Crippen LogP contribution < -0.4 is 4.74 Å². The van der Waals surface area contributed by atoms with Gasteiger partial charge in [0.1, 0.15) is 5.75 Å². The summed E-state index contributed by atoms with van der Waals surface area (Å²) in [6, 6.07) is 7.98. The van der Waals surface area contributed by atoms with E-state index in [9.17, 15) is 4.79 Å². The Morgan fingerprint density at radius 2 is 2.05 bits per heavy atom. The van der Waals surface area contributed by atoms with Crippen molar-refractivity contribution in [2.45, 2.75) is 19.8 Å². The number of methoxy groups -OCH3 is 1. The maximum Gasteiger partial charge on any atom is 0.409 e. The van der Waals surface area contributed by atoms with Crippen LogP contribution in [0, 0.1) is 0 Å². The van der Waals surface area contributed by atoms with Gasteiger partial charge in [0.05, 0.1) is 19.2 Å². The number of carbonyl (C=O) groups excluding carboxylic acids is 1. The fourth-order valence-corrected chi connectivity index (χ4v) is 2.96. The quantitative estimate of drug-likeness (QED) is 0.856. The van der Waals surface area contributed by atoms with Crippen LogP contribution in [0.5, 0.6) is 5.75 Å². The summed E-state index contributed by atoms with van der Waals surface area (Å²) in [6.45, 7) is 3.47. The first-order chi connectivity index (χ1) is 10.7. The van der Waals surface area contributed by atoms with E-state index in [0.29, 0.717) is 19.7 Å². The highest BCUT2D eigenvalue weighted by Gasteiger charge is 2.23. The zero-order chi connectivity index (χ0) is 15.5. The highest BCUT2D eigenvalue weighted by molar-refractivity contribution is 5.87. The number of amides is 1. The van der Waals surface area contributed by atoms with Gasteiger partial charge in [-0.1, -0.05) is 12.1 Å². The van der Waals surface area contributed by atoms with Crippen molar-refractivity contribution in [3.05, 3.63) is 35.5 Å². The van der Waals surface area contributed by atoms with Crippen molar-refractivity contribution in [2.24, 2.45) is 0 Å². The molecule has 0 atom stereocenters. The lowest BCUT2D eigenvalue weighted by molar-refractivity contribution is 0.109. The third kappa shape index (κ3) is 2.58. The summed E-state index contributed by atoms with van der Waals surface area (Å²) < 4.78 is 10.8. The van der Waals surface area contributed by atoms with Crippen molar-refractivity contribution in [3.8, 4) is 5.75 Å². The number of rotatable bonds is 2. The molecule has 1 amide bonds. The Morgan fingerprint density at radius 1 is 1.27 bits per heavy atom. The van der Waals surface area contributed by atoms with Crippen molar-refractivity contribution < 1.29 is 14.3 Å². The number of benzene rings is 1. The molecule has 0 spiro atoms. The van der Waals surface area contributed by atoms with Gasteiger partial charge in [0.15, 0.2) is 0 Å². The zero-order valence-corrected chi connectivity index (χ0v) is 13.0. The monoisotopic (exact) mass is 300 g/mol. The molecule has 0 saturated heterocycles. The van der Waals surface area contributed by atoms with E-state index >= 15 is 0 Å². The van der Waals surface area contributed by atoms with Gasteiger partial charge in [0.2, 0.25) is 0 Å². The lowest BCUT2D eigenvalue weighted by atomic mass is 10.0. The summed E-state index contributed by atoms with van der Waals surface area (Å²) in [5.74, 6) is 0.881. The summed E-state index contributed by atoms with van der Waals surface area (Å²) in [6.07, 6.45) is 1.20. The fourth-order valence-electron chi connectivity index (χ4n) is 2.96. The second-order valence-electron chi connectivity index (χ2n) is 5.27. The summed E-state index contributed by atoms with van der Waals surface area (Å²) >= 11 is 0. The lowest BCUT2D eigenvalue weighted by Gasteiger charge is -2.18. The number of ether oxygens (including phenoxy) is 2. The second-order valence-corrected chi connectivity index (χ2v) is 5.27. The third-order valence-corrected chi connectivity index (χ3v) is 4.01. The predicted molar refractivity (Wildman–Crippen MR) is 84.3 cm³/mol. The minimum atomic E-state index is -0.251. The summed E-state index contributed by atoms with van der Waals surface area (Å²) in [7, 11) is 1.69. The van der Waals surface area contributed by atoms with E-state index in [1.807, 2.05) is 31.2 Å². The maximum atomic E-state index is 11.9. The number of para-hydroxylation sites is 1. The molecule has 1 aromatic heterocycles. The molecule has 0 unspecified atom stereocenters. The first-order valence-electron chi connectivity index (χ1n) is 7.60. The van der Waals surface area contributed by atoms with Gasteiger partial charge >= 0.3 is 6.09 Å². The molecule has 1 aliphatic heterocycles. The molecule has 116 valence electrons. The van der Waals surface area contributed by atoms with Crippen LogP contribution in [0.4, 0.5) is 4.79 Å². The van der Waals surface area contributed by atoms with Gasteiger partial charge in [-0.15, -0.1) is 0 Å². The molecule has 1 aromatic carbocycles. The van der Waals surface area contributed by atoms with Crippen molar-refractivity contribution in [3.63, 3.8) is 0 Å². The molecule has 0 N–H and O–H groups in total. The minimum absolute atomic E-state index is 0.251. The summed E-state index contributed by atoms with van der Waals surface area (Å²) in [5, 5.41) is 1.02. The van der Waals surface area contributed by atoms with E-state index in [0.717, 1.165) is 40.8 Å². The van der Waals surface area contributed by atoms with E-state index in [2.05, 4.69) is 0 Å². The van der Waals surface area contributed by atoms with Crippen molar-refractivity contribution >= 4 is 17.0 Å². The Bertz CT molecular complexity index is 700. The molecule has 0 radical (unpaired) electrons. The van der Waals surface area contributed by atoms with Crippen LogP contribution in [0.2, 0.25) is 0 Å². The highest BCUT2D eigenvalue weighted by Crippen LogP contribution is 2.32. The largest absolute Gasteiger partial charge is 0.496 e. The lowest BCUT2D eigenvalue weighted by Crippen LogP contribution is -2.33. The van der Waals surface area contributed by atoms with Crippen LogP contribution in [0.25, 0.3) is 10.9 Å². The number of hydrogen-bond donors (Lipinski definition) is 0. The Labute approximate surface area is 129 Å². The molecule has 22 heavy (non-hydrogen) atoms. The SMILES string of the molecule is CCOC(=O)N1CCc2nc3ccccc3c(OC)c2CC1. The molecule has 2 aromatic rings. The predicted octanol–water partition coefficient (Wildman–Crippen LogP) is 2.80. The topological polar surface area (TPSA) is 51.7 Å². The Balaban J connectivity index is 1.98. The smallest absolute Gasteiger partial charge is 0.409 e. The molecule has 5 nitrogen and oxygen atoms in total. The fraction of sp³-hybridized carbons (Fsp3) is 0.412. The first-order valence-corrected chi connectivity index (χ1v) is 7.60. The van der Waals surface area contributed by atoms with Gasteiger partial charge in [-0.3, -0.25) is 4.98 Å². The molecule has 0 saturated carbocycles. The number of fused-ring (bicyclic) bond motifs is 2. The summed E-state index contributed by atoms with van der Waals surface area (Å²) in [4.78, 5) is 18.5. The Kier molecular flexibility index (Phi) is 4.13. The van der Waals surface area contributed by atoms with Gasteiger partial charge < -0.3 is 14.4 Å². The first kappa shape index (κ1) is 14.6. The van der Waals surface area contributed by atoms with Crippen LogP contribution in [0.1, 0.15) is 18.2 Å². The zero-order valence-electron chi connectivity index (χ0n) is 13.0. The van der Waals surface area contributed by atoms with E-state index in [1.165, 1.54) is 0 Å². The molecular formula is C17H20N2O3. The van der Waals surface area contributed by atoms with Gasteiger partial charge in [-0.05, 0) is 25.5 Å². The second kappa shape index (κ2) is 6.22. The average molecular weight is 300 g/mol. The van der Waals surface area contributed by atoms with Crippen LogP contribution in [0.3, 0.4) is 0 Å². The van der Waals surface area contributed by atoms with Crippen molar-refractivity contribution in [1.29, 1.82) is 0 Å². The molecule has 3 rings (SSSR count). The van der Waals surface area contributed by atoms with Gasteiger partial charge in [-0.25, -0.2) is 4.79 Å². The Hall–Kier alpha value is -2.30. The number of pyridine rings is 1. The normalized spacial score (nSPS) is 14.4. The van der Waals surface area contributed by atoms with Crippen molar-refractivity contribution in [1.82, 2.24) is 9.88 Å². The van der Waals surface area contributed by atoms with E-state index in [1.54, 1.807) is 12.0 Å². The van der Waals surface area contributed by atoms with E-state index in [4.69, 9.17) is 14.5 Å². The van der Waals surface area contributed by atoms with E-state index in [-0.39, 0.29) is 6.09 Å². The molecule has 0 bridgehead atoms. The molecule has 1 aliphatic rings. The molecule has 5 heteroatoms. The van der Waals surface area contributed by atoms with Crippen LogP contribution in [-0.2, 0) is 17.6 Å². The maximum absolute atomic E-state index is 11.9. The standard InChI is InChI=1S/C17H20N2O3/c1-3-22-17(20)19-10-8-13-15(9-11-19)18-14-7-5-4-6-12(14)16(13)21-2/h4-7H,3,8-11H2,1-2H3. The molecule has 2 heterocycles. The van der Waals surface area contributed by atoms with Crippen molar-refractivity contribution in [2.75, 3.05) is 26.8 Å². The van der Waals surface area contributed by atoms with Gasteiger partial charge in [0.25, 0.3) is 0 Å². The minimum Gasteiger partial charge on any atom is -0.496 e. The third-order valence-electron chi connectivity index (χ3n) is 4.01. The average Bonchev–Trinajstić information content (AvgIpc) is 2.75.